The monoisotopic (exact) mass is 347 g/mol. The number of hydrogen-bond acceptors (Lipinski definition) is 6. The highest BCUT2D eigenvalue weighted by molar-refractivity contribution is 7.99. The summed E-state index contributed by atoms with van der Waals surface area (Å²) in [4.78, 5) is 29.4. The lowest BCUT2D eigenvalue weighted by Crippen LogP contribution is -2.42. The molecule has 23 heavy (non-hydrogen) atoms. The lowest BCUT2D eigenvalue weighted by Gasteiger charge is -2.04. The van der Waals surface area contributed by atoms with Gasteiger partial charge >= 0.3 is 0 Å². The Morgan fingerprint density at radius 3 is 2.78 bits per heavy atom. The number of nitrogens with one attached hydrogen (secondary N) is 2. The van der Waals surface area contributed by atoms with E-state index in [1.165, 1.54) is 23.1 Å². The number of carbonyl (C=O) groups is 2. The minimum Gasteiger partial charge on any atom is -0.431 e. The van der Waals surface area contributed by atoms with Gasteiger partial charge in [-0.1, -0.05) is 23.9 Å². The standard InChI is InChI=1S/C15H13N3O3S2/c1-9-6-7-12(23-9)14(20)18-17-13(19)8-22-15-16-10-4-2-3-5-11(10)21-15/h2-7H,8H2,1H3,(H,17,19)(H,18,20). The van der Waals surface area contributed by atoms with Gasteiger partial charge in [0.25, 0.3) is 11.1 Å². The quantitative estimate of drug-likeness (QED) is 0.560. The Balaban J connectivity index is 1.48. The molecular weight excluding hydrogens is 334 g/mol. The number of nitrogens with zero attached hydrogens (tertiary/aromatic N) is 1. The average molecular weight is 347 g/mol. The van der Waals surface area contributed by atoms with E-state index in [1.807, 2.05) is 37.3 Å². The van der Waals surface area contributed by atoms with Crippen LogP contribution in [0, 0.1) is 6.92 Å². The van der Waals surface area contributed by atoms with E-state index in [2.05, 4.69) is 15.8 Å². The van der Waals surface area contributed by atoms with Crippen LogP contribution in [0.2, 0.25) is 0 Å². The molecule has 0 aliphatic rings. The summed E-state index contributed by atoms with van der Waals surface area (Å²) < 4.78 is 5.50. The summed E-state index contributed by atoms with van der Waals surface area (Å²) in [6.45, 7) is 1.91. The van der Waals surface area contributed by atoms with Crippen molar-refractivity contribution in [2.45, 2.75) is 12.1 Å². The highest BCUT2D eigenvalue weighted by Crippen LogP contribution is 2.22. The van der Waals surface area contributed by atoms with Gasteiger partial charge in [0.05, 0.1) is 10.6 Å². The first-order valence-corrected chi connectivity index (χ1v) is 8.56. The second kappa shape index (κ2) is 6.84. The zero-order valence-corrected chi connectivity index (χ0v) is 13.8. The topological polar surface area (TPSA) is 84.2 Å². The van der Waals surface area contributed by atoms with E-state index in [9.17, 15) is 9.59 Å². The number of fused-ring (bicyclic) bond motifs is 1. The van der Waals surface area contributed by atoms with Gasteiger partial charge in [-0.3, -0.25) is 20.4 Å². The van der Waals surface area contributed by atoms with Gasteiger partial charge in [-0.2, -0.15) is 0 Å². The first-order valence-electron chi connectivity index (χ1n) is 6.76. The molecular formula is C15H13N3O3S2. The number of oxazole rings is 1. The molecule has 2 aromatic heterocycles. The average Bonchev–Trinajstić information content (AvgIpc) is 3.16. The van der Waals surface area contributed by atoms with Crippen LogP contribution in [0.15, 0.2) is 46.0 Å². The van der Waals surface area contributed by atoms with Crippen LogP contribution >= 0.6 is 23.1 Å². The molecule has 0 saturated carbocycles. The van der Waals surface area contributed by atoms with Crippen LogP contribution in [0.4, 0.5) is 0 Å². The Morgan fingerprint density at radius 2 is 2.04 bits per heavy atom. The molecule has 0 saturated heterocycles. The lowest BCUT2D eigenvalue weighted by molar-refractivity contribution is -0.119. The summed E-state index contributed by atoms with van der Waals surface area (Å²) >= 11 is 2.53. The summed E-state index contributed by atoms with van der Waals surface area (Å²) in [5.41, 5.74) is 6.18. The predicted molar refractivity (Wildman–Crippen MR) is 89.4 cm³/mol. The van der Waals surface area contributed by atoms with Gasteiger partial charge in [0, 0.05) is 4.88 Å². The summed E-state index contributed by atoms with van der Waals surface area (Å²) in [7, 11) is 0. The largest absolute Gasteiger partial charge is 0.431 e. The smallest absolute Gasteiger partial charge is 0.279 e. The van der Waals surface area contributed by atoms with E-state index in [4.69, 9.17) is 4.42 Å². The van der Waals surface area contributed by atoms with Gasteiger partial charge in [-0.15, -0.1) is 11.3 Å². The van der Waals surface area contributed by atoms with Crippen molar-refractivity contribution < 1.29 is 14.0 Å². The number of amides is 2. The van der Waals surface area contributed by atoms with Crippen molar-refractivity contribution >= 4 is 46.0 Å². The third-order valence-corrected chi connectivity index (χ3v) is 4.71. The molecule has 0 unspecified atom stereocenters. The number of thioether (sulfide) groups is 1. The number of carbonyl (C=O) groups excluding carboxylic acids is 2. The number of benzene rings is 1. The normalized spacial score (nSPS) is 10.7. The van der Waals surface area contributed by atoms with E-state index < -0.39 is 0 Å². The number of aryl methyl sites for hydroxylation is 1. The highest BCUT2D eigenvalue weighted by atomic mass is 32.2. The zero-order chi connectivity index (χ0) is 16.2. The Morgan fingerprint density at radius 1 is 1.22 bits per heavy atom. The van der Waals surface area contributed by atoms with Crippen LogP contribution in [0.5, 0.6) is 0 Å². The minimum absolute atomic E-state index is 0.0938. The maximum absolute atomic E-state index is 11.8. The first-order chi connectivity index (χ1) is 11.1. The van der Waals surface area contributed by atoms with Gasteiger partial charge in [0.2, 0.25) is 5.91 Å². The number of aromatic nitrogens is 1. The summed E-state index contributed by atoms with van der Waals surface area (Å²) in [6.07, 6.45) is 0. The maximum Gasteiger partial charge on any atom is 0.279 e. The molecule has 0 radical (unpaired) electrons. The van der Waals surface area contributed by atoms with Crippen molar-refractivity contribution in [3.8, 4) is 0 Å². The maximum atomic E-state index is 11.8. The summed E-state index contributed by atoms with van der Waals surface area (Å²) in [5.74, 6) is -0.571. The fraction of sp³-hybridized carbons (Fsp3) is 0.133. The SMILES string of the molecule is Cc1ccc(C(=O)NNC(=O)CSc2nc3ccccc3o2)s1. The second-order valence-electron chi connectivity index (χ2n) is 4.65. The molecule has 118 valence electrons. The highest BCUT2D eigenvalue weighted by Gasteiger charge is 2.11. The molecule has 1 aromatic carbocycles. The molecule has 2 heterocycles. The Hall–Kier alpha value is -2.32. The van der Waals surface area contributed by atoms with E-state index in [0.29, 0.717) is 15.7 Å². The van der Waals surface area contributed by atoms with Crippen LogP contribution in [-0.4, -0.2) is 22.6 Å². The van der Waals surface area contributed by atoms with Crippen LogP contribution in [0.25, 0.3) is 11.1 Å². The molecule has 8 heteroatoms. The zero-order valence-electron chi connectivity index (χ0n) is 12.2. The van der Waals surface area contributed by atoms with Crippen molar-refractivity contribution in [2.24, 2.45) is 0 Å². The van der Waals surface area contributed by atoms with Crippen molar-refractivity contribution in [3.63, 3.8) is 0 Å². The molecule has 0 aliphatic heterocycles. The number of hydrazine groups is 1. The third kappa shape index (κ3) is 3.91. The van der Waals surface area contributed by atoms with Crippen LogP contribution in [-0.2, 0) is 4.79 Å². The van der Waals surface area contributed by atoms with Crippen LogP contribution in [0.3, 0.4) is 0 Å². The van der Waals surface area contributed by atoms with E-state index >= 15 is 0 Å². The molecule has 0 aliphatic carbocycles. The molecule has 3 aromatic rings. The Labute approximate surface area is 140 Å². The molecule has 3 rings (SSSR count). The molecule has 6 nitrogen and oxygen atoms in total. The van der Waals surface area contributed by atoms with E-state index in [-0.39, 0.29) is 17.6 Å². The number of para-hydroxylation sites is 2. The Bertz CT molecular complexity index is 823. The minimum atomic E-state index is -0.334. The molecule has 0 bridgehead atoms. The molecule has 2 amide bonds. The summed E-state index contributed by atoms with van der Waals surface area (Å²) in [5, 5.41) is 0.418. The fourth-order valence-electron chi connectivity index (χ4n) is 1.82. The van der Waals surface area contributed by atoms with E-state index in [1.54, 1.807) is 6.07 Å². The molecule has 2 N–H and O–H groups in total. The number of rotatable bonds is 4. The van der Waals surface area contributed by atoms with Gasteiger partial charge in [0.15, 0.2) is 5.58 Å². The Kier molecular flexibility index (Phi) is 4.63. The first kappa shape index (κ1) is 15.6. The van der Waals surface area contributed by atoms with Gasteiger partial charge in [0.1, 0.15) is 5.52 Å². The molecule has 0 spiro atoms. The third-order valence-electron chi connectivity index (χ3n) is 2.88. The lowest BCUT2D eigenvalue weighted by atomic mass is 10.3. The fourth-order valence-corrected chi connectivity index (χ4v) is 3.22. The predicted octanol–water partition coefficient (Wildman–Crippen LogP) is 2.75. The second-order valence-corrected chi connectivity index (χ2v) is 6.86. The number of hydrogen-bond donors (Lipinski definition) is 2. The van der Waals surface area contributed by atoms with Crippen molar-refractivity contribution in [2.75, 3.05) is 5.75 Å². The van der Waals surface area contributed by atoms with Gasteiger partial charge < -0.3 is 4.42 Å². The van der Waals surface area contributed by atoms with Crippen molar-refractivity contribution in [1.29, 1.82) is 0 Å². The van der Waals surface area contributed by atoms with Crippen LogP contribution < -0.4 is 10.9 Å². The summed E-state index contributed by atoms with van der Waals surface area (Å²) in [6, 6.07) is 10.9. The van der Waals surface area contributed by atoms with Crippen LogP contribution in [0.1, 0.15) is 14.5 Å². The van der Waals surface area contributed by atoms with Gasteiger partial charge in [-0.05, 0) is 31.2 Å². The van der Waals surface area contributed by atoms with Gasteiger partial charge in [-0.25, -0.2) is 4.98 Å². The van der Waals surface area contributed by atoms with Crippen molar-refractivity contribution in [3.05, 3.63) is 46.2 Å². The van der Waals surface area contributed by atoms with Crippen molar-refractivity contribution in [1.82, 2.24) is 15.8 Å². The molecule has 0 atom stereocenters. The van der Waals surface area contributed by atoms with E-state index in [0.717, 1.165) is 10.4 Å². The number of thiophene rings is 1. The molecule has 0 fully saturated rings.